The molecule has 4 rings (SSSR count). The van der Waals surface area contributed by atoms with Crippen molar-refractivity contribution < 1.29 is 14.3 Å². The van der Waals surface area contributed by atoms with E-state index >= 15 is 0 Å². The highest BCUT2D eigenvalue weighted by molar-refractivity contribution is 7.21. The molecule has 0 spiro atoms. The van der Waals surface area contributed by atoms with Crippen LogP contribution in [0.3, 0.4) is 0 Å². The lowest BCUT2D eigenvalue weighted by molar-refractivity contribution is 0.0466. The van der Waals surface area contributed by atoms with Crippen molar-refractivity contribution >= 4 is 39.0 Å². The predicted molar refractivity (Wildman–Crippen MR) is 148 cm³/mol. The molecule has 0 fully saturated rings. The molecule has 0 atom stereocenters. The third-order valence-corrected chi connectivity index (χ3v) is 7.53. The number of anilines is 1. The molecule has 1 heterocycles. The van der Waals surface area contributed by atoms with Crippen LogP contribution in [0.1, 0.15) is 50.6 Å². The lowest BCUT2D eigenvalue weighted by atomic mass is 10.0. The van der Waals surface area contributed by atoms with Crippen molar-refractivity contribution in [2.24, 2.45) is 0 Å². The maximum absolute atomic E-state index is 13.3. The number of aryl methyl sites for hydroxylation is 1. The fraction of sp³-hybridized carbons (Fsp3) is 0.267. The van der Waals surface area contributed by atoms with Crippen molar-refractivity contribution in [3.63, 3.8) is 0 Å². The van der Waals surface area contributed by atoms with Crippen molar-refractivity contribution in [1.29, 1.82) is 0 Å². The Labute approximate surface area is 216 Å². The summed E-state index contributed by atoms with van der Waals surface area (Å²) in [6.07, 6.45) is 0.686. The second-order valence-electron chi connectivity index (χ2n) is 8.76. The van der Waals surface area contributed by atoms with Crippen LogP contribution in [-0.2, 0) is 11.2 Å². The molecule has 3 aromatic carbocycles. The summed E-state index contributed by atoms with van der Waals surface area (Å²) in [6.45, 7) is 9.16. The summed E-state index contributed by atoms with van der Waals surface area (Å²) in [5.74, 6) is -0.502. The Balaban J connectivity index is 1.46. The van der Waals surface area contributed by atoms with Crippen molar-refractivity contribution in [1.82, 2.24) is 4.90 Å². The first kappa shape index (κ1) is 25.6. The largest absolute Gasteiger partial charge is 0.461 e. The topological polar surface area (TPSA) is 58.6 Å². The SMILES string of the molecule is CCN(CC)CCOC(=O)c1ccc(NC(=O)c2sc3ccccc3c2Cc2ccc(C)cc2)cc1. The van der Waals surface area contributed by atoms with E-state index in [2.05, 4.69) is 67.4 Å². The number of benzene rings is 3. The average Bonchev–Trinajstić information content (AvgIpc) is 3.27. The van der Waals surface area contributed by atoms with Gasteiger partial charge >= 0.3 is 5.97 Å². The molecule has 0 aliphatic heterocycles. The molecule has 0 saturated carbocycles. The lowest BCUT2D eigenvalue weighted by Crippen LogP contribution is -2.27. The van der Waals surface area contributed by atoms with Gasteiger partial charge < -0.3 is 15.0 Å². The summed E-state index contributed by atoms with van der Waals surface area (Å²) in [5, 5.41) is 4.11. The van der Waals surface area contributed by atoms with E-state index < -0.39 is 0 Å². The van der Waals surface area contributed by atoms with Gasteiger partial charge in [0.1, 0.15) is 6.61 Å². The van der Waals surface area contributed by atoms with Crippen LogP contribution in [0.4, 0.5) is 5.69 Å². The highest BCUT2D eigenvalue weighted by atomic mass is 32.1. The van der Waals surface area contributed by atoms with E-state index in [0.717, 1.165) is 28.7 Å². The Hall–Kier alpha value is -3.48. The van der Waals surface area contributed by atoms with Gasteiger partial charge in [-0.15, -0.1) is 11.3 Å². The molecule has 186 valence electrons. The number of fused-ring (bicyclic) bond motifs is 1. The average molecular weight is 501 g/mol. The Kier molecular flexibility index (Phi) is 8.52. The number of thiophene rings is 1. The minimum absolute atomic E-state index is 0.145. The first-order chi connectivity index (χ1) is 17.5. The van der Waals surface area contributed by atoms with E-state index in [9.17, 15) is 9.59 Å². The minimum Gasteiger partial charge on any atom is -0.461 e. The molecular formula is C30H32N2O3S. The third kappa shape index (κ3) is 6.20. The zero-order chi connectivity index (χ0) is 25.5. The van der Waals surface area contributed by atoms with Crippen molar-refractivity contribution in [2.45, 2.75) is 27.2 Å². The molecule has 5 nitrogen and oxygen atoms in total. The molecule has 1 aromatic heterocycles. The van der Waals surface area contributed by atoms with E-state index in [1.54, 1.807) is 24.3 Å². The number of esters is 1. The van der Waals surface area contributed by atoms with Crippen LogP contribution < -0.4 is 5.32 Å². The third-order valence-electron chi connectivity index (χ3n) is 6.32. The Morgan fingerprint density at radius 1 is 0.917 bits per heavy atom. The van der Waals surface area contributed by atoms with Crippen LogP contribution in [-0.4, -0.2) is 43.0 Å². The van der Waals surface area contributed by atoms with Gasteiger partial charge in [-0.2, -0.15) is 0 Å². The zero-order valence-corrected chi connectivity index (χ0v) is 21.9. The Morgan fingerprint density at radius 3 is 2.31 bits per heavy atom. The van der Waals surface area contributed by atoms with Gasteiger partial charge in [0.25, 0.3) is 5.91 Å². The number of amides is 1. The van der Waals surface area contributed by atoms with Gasteiger partial charge in [0.05, 0.1) is 10.4 Å². The maximum atomic E-state index is 13.3. The van der Waals surface area contributed by atoms with E-state index in [1.165, 1.54) is 22.5 Å². The Bertz CT molecular complexity index is 1320. The summed E-state index contributed by atoms with van der Waals surface area (Å²) in [4.78, 5) is 28.6. The number of rotatable bonds is 10. The molecule has 0 bridgehead atoms. The first-order valence-corrected chi connectivity index (χ1v) is 13.2. The van der Waals surface area contributed by atoms with Gasteiger partial charge in [-0.3, -0.25) is 4.79 Å². The van der Waals surface area contributed by atoms with Gasteiger partial charge in [0.15, 0.2) is 0 Å². The van der Waals surface area contributed by atoms with E-state index in [0.29, 0.717) is 35.7 Å². The van der Waals surface area contributed by atoms with E-state index in [4.69, 9.17) is 4.74 Å². The monoisotopic (exact) mass is 500 g/mol. The normalized spacial score (nSPS) is 11.1. The molecule has 0 radical (unpaired) electrons. The molecule has 36 heavy (non-hydrogen) atoms. The summed E-state index contributed by atoms with van der Waals surface area (Å²) in [5.41, 5.74) is 4.52. The molecule has 0 aliphatic rings. The molecule has 6 heteroatoms. The van der Waals surface area contributed by atoms with Crippen LogP contribution in [0.25, 0.3) is 10.1 Å². The second kappa shape index (κ2) is 12.0. The fourth-order valence-corrected chi connectivity index (χ4v) is 5.25. The van der Waals surface area contributed by atoms with Crippen LogP contribution >= 0.6 is 11.3 Å². The molecular weight excluding hydrogens is 468 g/mol. The lowest BCUT2D eigenvalue weighted by Gasteiger charge is -2.17. The summed E-state index contributed by atoms with van der Waals surface area (Å²) < 4.78 is 6.49. The molecule has 0 aliphatic carbocycles. The van der Waals surface area contributed by atoms with Crippen molar-refractivity contribution in [3.05, 3.63) is 99.9 Å². The highest BCUT2D eigenvalue weighted by Crippen LogP contribution is 2.33. The number of likely N-dealkylation sites (N-methyl/N-ethyl adjacent to an activating group) is 1. The smallest absolute Gasteiger partial charge is 0.338 e. The zero-order valence-electron chi connectivity index (χ0n) is 21.0. The Morgan fingerprint density at radius 2 is 1.61 bits per heavy atom. The van der Waals surface area contributed by atoms with Crippen LogP contribution in [0, 0.1) is 6.92 Å². The number of hydrogen-bond acceptors (Lipinski definition) is 5. The molecule has 1 amide bonds. The van der Waals surface area contributed by atoms with Crippen molar-refractivity contribution in [3.8, 4) is 0 Å². The molecule has 1 N–H and O–H groups in total. The molecule has 0 saturated heterocycles. The number of hydrogen-bond donors (Lipinski definition) is 1. The molecule has 4 aromatic rings. The second-order valence-corrected chi connectivity index (χ2v) is 9.81. The first-order valence-electron chi connectivity index (χ1n) is 12.3. The van der Waals surface area contributed by atoms with Gasteiger partial charge in [-0.25, -0.2) is 4.79 Å². The van der Waals surface area contributed by atoms with Crippen LogP contribution in [0.2, 0.25) is 0 Å². The number of nitrogens with zero attached hydrogens (tertiary/aromatic N) is 1. The van der Waals surface area contributed by atoms with Crippen molar-refractivity contribution in [2.75, 3.05) is 31.6 Å². The van der Waals surface area contributed by atoms with Gasteiger partial charge in [-0.05, 0) is 73.3 Å². The molecule has 0 unspecified atom stereocenters. The predicted octanol–water partition coefficient (Wildman–Crippen LogP) is 6.55. The van der Waals surface area contributed by atoms with Gasteiger partial charge in [-0.1, -0.05) is 61.9 Å². The summed E-state index contributed by atoms with van der Waals surface area (Å²) in [7, 11) is 0. The maximum Gasteiger partial charge on any atom is 0.338 e. The minimum atomic E-state index is -0.357. The van der Waals surface area contributed by atoms with Gasteiger partial charge in [0.2, 0.25) is 0 Å². The summed E-state index contributed by atoms with van der Waals surface area (Å²) in [6, 6.07) is 23.4. The van der Waals surface area contributed by atoms with E-state index in [1.807, 2.05) is 12.1 Å². The van der Waals surface area contributed by atoms with Gasteiger partial charge in [0, 0.05) is 16.9 Å². The van der Waals surface area contributed by atoms with Crippen LogP contribution in [0.15, 0.2) is 72.8 Å². The standard InChI is InChI=1S/C30H32N2O3S/c1-4-32(5-2)18-19-35-30(34)23-14-16-24(17-15-23)31-29(33)28-26(20-22-12-10-21(3)11-13-22)25-8-6-7-9-27(25)36-28/h6-17H,4-5,18-20H2,1-3H3,(H,31,33). The number of carbonyl (C=O) groups is 2. The quantitative estimate of drug-likeness (QED) is 0.251. The highest BCUT2D eigenvalue weighted by Gasteiger charge is 2.19. The number of ether oxygens (including phenoxy) is 1. The van der Waals surface area contributed by atoms with E-state index in [-0.39, 0.29) is 11.9 Å². The number of carbonyl (C=O) groups excluding carboxylic acids is 2. The number of nitrogens with one attached hydrogen (secondary N) is 1. The summed E-state index contributed by atoms with van der Waals surface area (Å²) >= 11 is 1.51. The van der Waals surface area contributed by atoms with Crippen LogP contribution in [0.5, 0.6) is 0 Å². The fourth-order valence-electron chi connectivity index (χ4n) is 4.14.